The fourth-order valence-electron chi connectivity index (χ4n) is 1.94. The Hall–Kier alpha value is -2.03. The zero-order chi connectivity index (χ0) is 17.6. The van der Waals surface area contributed by atoms with Gasteiger partial charge in [0.1, 0.15) is 6.61 Å². The lowest BCUT2D eigenvalue weighted by molar-refractivity contribution is -0.174. The molecule has 1 atom stereocenters. The summed E-state index contributed by atoms with van der Waals surface area (Å²) < 4.78 is 40.2. The summed E-state index contributed by atoms with van der Waals surface area (Å²) in [5.41, 5.74) is 1.60. The lowest BCUT2D eigenvalue weighted by Crippen LogP contribution is -2.43. The van der Waals surface area contributed by atoms with Gasteiger partial charge in [-0.1, -0.05) is 0 Å². The van der Waals surface area contributed by atoms with Crippen LogP contribution in [0.4, 0.5) is 18.0 Å². The second-order valence-corrected chi connectivity index (χ2v) is 5.30. The minimum Gasteiger partial charge on any atom is -0.370 e. The number of amides is 2. The van der Waals surface area contributed by atoms with Crippen molar-refractivity contribution in [2.75, 3.05) is 13.2 Å². The number of alkyl halides is 3. The van der Waals surface area contributed by atoms with Gasteiger partial charge in [0.15, 0.2) is 0 Å². The van der Waals surface area contributed by atoms with Gasteiger partial charge in [-0.3, -0.25) is 4.79 Å². The third-order valence-corrected chi connectivity index (χ3v) is 2.93. The van der Waals surface area contributed by atoms with Crippen molar-refractivity contribution in [2.24, 2.45) is 0 Å². The zero-order valence-corrected chi connectivity index (χ0v) is 13.1. The monoisotopic (exact) mass is 335 g/mol. The topological polar surface area (TPSA) is 83.2 Å². The van der Waals surface area contributed by atoms with E-state index in [4.69, 9.17) is 0 Å². The largest absolute Gasteiger partial charge is 0.411 e. The summed E-state index contributed by atoms with van der Waals surface area (Å²) in [6.45, 7) is 3.41. The molecule has 0 aliphatic carbocycles. The number of hydrogen-bond donors (Lipinski definition) is 3. The van der Waals surface area contributed by atoms with Crippen molar-refractivity contribution in [3.8, 4) is 0 Å². The van der Waals surface area contributed by atoms with E-state index in [0.29, 0.717) is 5.56 Å². The molecule has 23 heavy (non-hydrogen) atoms. The number of aryl methyl sites for hydroxylation is 2. The average molecular weight is 335 g/mol. The summed E-state index contributed by atoms with van der Waals surface area (Å²) in [5, 5.41) is 4.92. The summed E-state index contributed by atoms with van der Waals surface area (Å²) >= 11 is 0. The van der Waals surface area contributed by atoms with Crippen LogP contribution in [0.15, 0.2) is 10.9 Å². The zero-order valence-electron chi connectivity index (χ0n) is 13.1. The lowest BCUT2D eigenvalue weighted by atomic mass is 10.1. The Bertz CT molecular complexity index is 599. The van der Waals surface area contributed by atoms with Gasteiger partial charge in [-0.15, -0.1) is 0 Å². The van der Waals surface area contributed by atoms with E-state index in [1.165, 1.54) is 6.92 Å². The van der Waals surface area contributed by atoms with Crippen LogP contribution in [-0.2, 0) is 11.3 Å². The van der Waals surface area contributed by atoms with E-state index < -0.39 is 24.9 Å². The first-order valence-electron chi connectivity index (χ1n) is 6.96. The molecule has 0 spiro atoms. The number of nitrogens with one attached hydrogen (secondary N) is 3. The Balaban J connectivity index is 2.41. The van der Waals surface area contributed by atoms with Crippen LogP contribution in [0, 0.1) is 13.8 Å². The summed E-state index contributed by atoms with van der Waals surface area (Å²) in [6, 6.07) is 0.589. The average Bonchev–Trinajstić information content (AvgIpc) is 2.35. The molecule has 0 fully saturated rings. The van der Waals surface area contributed by atoms with Gasteiger partial charge in [-0.25, -0.2) is 4.79 Å². The maximum atomic E-state index is 11.9. The molecule has 0 saturated carbocycles. The Kier molecular flexibility index (Phi) is 6.62. The highest BCUT2D eigenvalue weighted by Gasteiger charge is 2.27. The highest BCUT2D eigenvalue weighted by Crippen LogP contribution is 2.14. The molecule has 0 saturated heterocycles. The third-order valence-electron chi connectivity index (χ3n) is 2.93. The van der Waals surface area contributed by atoms with Gasteiger partial charge in [0.2, 0.25) is 0 Å². The number of H-pyrrole nitrogens is 1. The van der Waals surface area contributed by atoms with Crippen molar-refractivity contribution in [3.05, 3.63) is 33.2 Å². The van der Waals surface area contributed by atoms with E-state index >= 15 is 0 Å². The molecule has 0 aromatic carbocycles. The maximum absolute atomic E-state index is 11.9. The van der Waals surface area contributed by atoms with Crippen LogP contribution >= 0.6 is 0 Å². The van der Waals surface area contributed by atoms with Gasteiger partial charge in [-0.2, -0.15) is 13.2 Å². The van der Waals surface area contributed by atoms with Crippen LogP contribution in [0.5, 0.6) is 0 Å². The molecule has 0 aliphatic rings. The van der Waals surface area contributed by atoms with Crippen molar-refractivity contribution in [1.29, 1.82) is 0 Å². The van der Waals surface area contributed by atoms with Crippen LogP contribution in [-0.4, -0.2) is 36.4 Å². The molecule has 2 amide bonds. The van der Waals surface area contributed by atoms with Crippen LogP contribution in [0.25, 0.3) is 0 Å². The Morgan fingerprint density at radius 1 is 1.39 bits per heavy atom. The number of carbonyl (C=O) groups excluding carboxylic acids is 1. The molecule has 0 radical (unpaired) electrons. The third kappa shape index (κ3) is 7.18. The Labute approximate surface area is 131 Å². The van der Waals surface area contributed by atoms with Crippen molar-refractivity contribution < 1.29 is 22.7 Å². The number of hydrogen-bond acceptors (Lipinski definition) is 3. The first kappa shape index (κ1) is 19.0. The number of ether oxygens (including phenoxy) is 1. The molecule has 0 aliphatic heterocycles. The fraction of sp³-hybridized carbons (Fsp3) is 0.571. The molecular formula is C14H20F3N3O3. The van der Waals surface area contributed by atoms with Gasteiger partial charge >= 0.3 is 12.2 Å². The molecule has 1 aromatic heterocycles. The minimum absolute atomic E-state index is 0.0173. The molecule has 0 unspecified atom stereocenters. The Morgan fingerprint density at radius 3 is 2.61 bits per heavy atom. The molecular weight excluding hydrogens is 315 g/mol. The van der Waals surface area contributed by atoms with Crippen molar-refractivity contribution in [2.45, 2.75) is 39.5 Å². The minimum atomic E-state index is -4.40. The predicted octanol–water partition coefficient (Wildman–Crippen LogP) is 1.76. The number of pyridine rings is 1. The number of rotatable bonds is 6. The smallest absolute Gasteiger partial charge is 0.370 e. The molecule has 0 bridgehead atoms. The number of urea groups is 1. The SMILES string of the molecule is Cc1cc(C)c(CNC(=O)N[C@@H](C)COCC(F)(F)F)c(=O)[nH]1. The highest BCUT2D eigenvalue weighted by molar-refractivity contribution is 5.74. The quantitative estimate of drug-likeness (QED) is 0.741. The van der Waals surface area contributed by atoms with Gasteiger partial charge in [0.05, 0.1) is 19.2 Å². The normalized spacial score (nSPS) is 12.8. The van der Waals surface area contributed by atoms with E-state index in [1.807, 2.05) is 0 Å². The maximum Gasteiger partial charge on any atom is 0.411 e. The first-order chi connectivity index (χ1) is 10.6. The van der Waals surface area contributed by atoms with Crippen molar-refractivity contribution in [1.82, 2.24) is 15.6 Å². The highest BCUT2D eigenvalue weighted by atomic mass is 19.4. The van der Waals surface area contributed by atoms with Crippen molar-refractivity contribution >= 4 is 6.03 Å². The van der Waals surface area contributed by atoms with E-state index in [1.54, 1.807) is 19.9 Å². The van der Waals surface area contributed by atoms with E-state index in [-0.39, 0.29) is 18.7 Å². The van der Waals surface area contributed by atoms with Crippen LogP contribution in [0.2, 0.25) is 0 Å². The molecule has 1 aromatic rings. The molecule has 130 valence electrons. The van der Waals surface area contributed by atoms with Gasteiger partial charge in [0, 0.05) is 11.3 Å². The van der Waals surface area contributed by atoms with Gasteiger partial charge < -0.3 is 20.4 Å². The van der Waals surface area contributed by atoms with Gasteiger partial charge in [-0.05, 0) is 32.4 Å². The fourth-order valence-corrected chi connectivity index (χ4v) is 1.94. The number of carbonyl (C=O) groups is 1. The molecule has 9 heteroatoms. The van der Waals surface area contributed by atoms with Crippen molar-refractivity contribution in [3.63, 3.8) is 0 Å². The van der Waals surface area contributed by atoms with Crippen LogP contribution in [0.1, 0.15) is 23.7 Å². The van der Waals surface area contributed by atoms with E-state index in [2.05, 4.69) is 20.4 Å². The molecule has 6 nitrogen and oxygen atoms in total. The first-order valence-corrected chi connectivity index (χ1v) is 6.96. The molecule has 1 heterocycles. The second kappa shape index (κ2) is 8.00. The van der Waals surface area contributed by atoms with Gasteiger partial charge in [0.25, 0.3) is 5.56 Å². The van der Waals surface area contributed by atoms with Crippen LogP contribution < -0.4 is 16.2 Å². The number of aromatic amines is 1. The summed E-state index contributed by atoms with van der Waals surface area (Å²) in [4.78, 5) is 26.1. The molecule has 3 N–H and O–H groups in total. The standard InChI is InChI=1S/C14H20F3N3O3/c1-8-4-9(2)19-12(21)11(8)5-18-13(22)20-10(3)6-23-7-14(15,16)17/h4,10H,5-7H2,1-3H3,(H,19,21)(H2,18,20,22)/t10-/m0/s1. The van der Waals surface area contributed by atoms with E-state index in [9.17, 15) is 22.8 Å². The van der Waals surface area contributed by atoms with Crippen LogP contribution in [0.3, 0.4) is 0 Å². The van der Waals surface area contributed by atoms with E-state index in [0.717, 1.165) is 11.3 Å². The summed E-state index contributed by atoms with van der Waals surface area (Å²) in [7, 11) is 0. The summed E-state index contributed by atoms with van der Waals surface area (Å²) in [6.07, 6.45) is -4.40. The molecule has 1 rings (SSSR count). The number of aromatic nitrogens is 1. The second-order valence-electron chi connectivity index (χ2n) is 5.30. The predicted molar refractivity (Wildman–Crippen MR) is 78.2 cm³/mol. The summed E-state index contributed by atoms with van der Waals surface area (Å²) in [5.74, 6) is 0. The lowest BCUT2D eigenvalue weighted by Gasteiger charge is -2.16. The number of halogens is 3. The Morgan fingerprint density at radius 2 is 2.04 bits per heavy atom.